The molecule has 2 aromatic rings. The molecule has 2 rings (SSSR count). The number of anilines is 2. The maximum atomic E-state index is 13.2. The van der Waals surface area contributed by atoms with Crippen LogP contribution in [0, 0.1) is 5.82 Å². The van der Waals surface area contributed by atoms with Gasteiger partial charge in [-0.05, 0) is 42.7 Å². The molecule has 0 saturated heterocycles. The number of nitrogen functional groups attached to an aromatic ring is 1. The molecule has 0 aliphatic heterocycles. The molecule has 6 heteroatoms. The number of methoxy groups -OCH3 is 2. The zero-order valence-electron chi connectivity index (χ0n) is 15.6. The summed E-state index contributed by atoms with van der Waals surface area (Å²) in [4.78, 5) is 14.2. The molecule has 140 valence electrons. The standard InChI is InChI=1S/C20H25FN2O3/c1-5-14-11-16(20(24)26-4)19(25-3)17(22)18(14)23(6-2)12-13-7-9-15(21)10-8-13/h7-11H,5-6,12,22H2,1-4H3. The number of aryl methyl sites for hydroxylation is 1. The van der Waals surface area contributed by atoms with Crippen molar-refractivity contribution in [2.45, 2.75) is 26.8 Å². The van der Waals surface area contributed by atoms with E-state index < -0.39 is 5.97 Å². The lowest BCUT2D eigenvalue weighted by atomic mass is 10.0. The SMILES string of the molecule is CCc1cc(C(=O)OC)c(OC)c(N)c1N(CC)Cc1ccc(F)cc1. The predicted octanol–water partition coefficient (Wildman–Crippen LogP) is 3.79. The second-order valence-electron chi connectivity index (χ2n) is 5.86. The average Bonchev–Trinajstić information content (AvgIpc) is 2.66. The first kappa shape index (κ1) is 19.6. The number of rotatable bonds is 7. The Bertz CT molecular complexity index is 776. The topological polar surface area (TPSA) is 64.8 Å². The highest BCUT2D eigenvalue weighted by molar-refractivity contribution is 5.98. The lowest BCUT2D eigenvalue weighted by Gasteiger charge is -2.29. The summed E-state index contributed by atoms with van der Waals surface area (Å²) in [6.07, 6.45) is 0.688. The van der Waals surface area contributed by atoms with E-state index in [-0.39, 0.29) is 5.82 Å². The highest BCUT2D eigenvalue weighted by atomic mass is 19.1. The van der Waals surface area contributed by atoms with E-state index in [0.29, 0.717) is 36.5 Å². The number of hydrogen-bond donors (Lipinski definition) is 1. The Morgan fingerprint density at radius 1 is 1.19 bits per heavy atom. The van der Waals surface area contributed by atoms with Crippen molar-refractivity contribution in [2.24, 2.45) is 0 Å². The van der Waals surface area contributed by atoms with Crippen LogP contribution in [0.2, 0.25) is 0 Å². The third-order valence-electron chi connectivity index (χ3n) is 4.34. The summed E-state index contributed by atoms with van der Waals surface area (Å²) in [5.74, 6) is -0.451. The zero-order chi connectivity index (χ0) is 19.3. The molecule has 0 fully saturated rings. The Hall–Kier alpha value is -2.76. The van der Waals surface area contributed by atoms with Gasteiger partial charge in [0.05, 0.1) is 25.6 Å². The Balaban J connectivity index is 2.54. The van der Waals surface area contributed by atoms with Gasteiger partial charge >= 0.3 is 5.97 Å². The van der Waals surface area contributed by atoms with Crippen LogP contribution in [0.3, 0.4) is 0 Å². The molecule has 0 aromatic heterocycles. The lowest BCUT2D eigenvalue weighted by molar-refractivity contribution is 0.0597. The average molecular weight is 360 g/mol. The third kappa shape index (κ3) is 3.90. The van der Waals surface area contributed by atoms with Gasteiger partial charge in [-0.15, -0.1) is 0 Å². The van der Waals surface area contributed by atoms with Gasteiger partial charge in [-0.25, -0.2) is 9.18 Å². The summed E-state index contributed by atoms with van der Waals surface area (Å²) >= 11 is 0. The highest BCUT2D eigenvalue weighted by Crippen LogP contribution is 2.40. The van der Waals surface area contributed by atoms with Crippen molar-refractivity contribution in [3.8, 4) is 5.75 Å². The summed E-state index contributed by atoms with van der Waals surface area (Å²) in [6.45, 7) is 5.27. The van der Waals surface area contributed by atoms with Crippen LogP contribution in [0.5, 0.6) is 5.75 Å². The molecular formula is C20H25FN2O3. The molecule has 0 aliphatic carbocycles. The van der Waals surface area contributed by atoms with Crippen LogP contribution in [-0.4, -0.2) is 26.7 Å². The van der Waals surface area contributed by atoms with E-state index in [1.807, 2.05) is 13.8 Å². The van der Waals surface area contributed by atoms with Crippen molar-refractivity contribution in [3.63, 3.8) is 0 Å². The highest BCUT2D eigenvalue weighted by Gasteiger charge is 2.24. The van der Waals surface area contributed by atoms with Gasteiger partial charge in [-0.2, -0.15) is 0 Å². The van der Waals surface area contributed by atoms with Gasteiger partial charge in [-0.3, -0.25) is 0 Å². The minimum atomic E-state index is -0.489. The summed E-state index contributed by atoms with van der Waals surface area (Å²) in [6, 6.07) is 8.14. The maximum Gasteiger partial charge on any atom is 0.341 e. The molecule has 26 heavy (non-hydrogen) atoms. The van der Waals surface area contributed by atoms with Crippen molar-refractivity contribution in [1.29, 1.82) is 0 Å². The lowest BCUT2D eigenvalue weighted by Crippen LogP contribution is -2.25. The summed E-state index contributed by atoms with van der Waals surface area (Å²) in [5.41, 5.74) is 9.80. The molecule has 0 amide bonds. The zero-order valence-corrected chi connectivity index (χ0v) is 15.6. The fourth-order valence-corrected chi connectivity index (χ4v) is 3.02. The van der Waals surface area contributed by atoms with Gasteiger partial charge in [0.15, 0.2) is 5.75 Å². The molecule has 0 atom stereocenters. The van der Waals surface area contributed by atoms with Crippen LogP contribution >= 0.6 is 0 Å². The molecule has 0 unspecified atom stereocenters. The second-order valence-corrected chi connectivity index (χ2v) is 5.86. The number of benzene rings is 2. The first-order chi connectivity index (χ1) is 12.5. The van der Waals surface area contributed by atoms with E-state index in [0.717, 1.165) is 16.8 Å². The van der Waals surface area contributed by atoms with Crippen LogP contribution in [0.25, 0.3) is 0 Å². The molecule has 0 heterocycles. The number of hydrogen-bond acceptors (Lipinski definition) is 5. The first-order valence-corrected chi connectivity index (χ1v) is 8.53. The summed E-state index contributed by atoms with van der Waals surface area (Å²) < 4.78 is 23.4. The number of nitrogens with two attached hydrogens (primary N) is 1. The van der Waals surface area contributed by atoms with E-state index in [1.165, 1.54) is 26.4 Å². The molecular weight excluding hydrogens is 335 g/mol. The fraction of sp³-hybridized carbons (Fsp3) is 0.350. The second kappa shape index (κ2) is 8.56. The summed E-state index contributed by atoms with van der Waals surface area (Å²) in [7, 11) is 2.80. The van der Waals surface area contributed by atoms with Crippen LogP contribution < -0.4 is 15.4 Å². The molecule has 0 bridgehead atoms. The van der Waals surface area contributed by atoms with Crippen molar-refractivity contribution >= 4 is 17.3 Å². The van der Waals surface area contributed by atoms with Gasteiger partial charge in [0.25, 0.3) is 0 Å². The van der Waals surface area contributed by atoms with Crippen molar-refractivity contribution < 1.29 is 18.7 Å². The summed E-state index contributed by atoms with van der Waals surface area (Å²) in [5, 5.41) is 0. The molecule has 0 spiro atoms. The normalized spacial score (nSPS) is 10.5. The van der Waals surface area contributed by atoms with Gasteiger partial charge in [0.1, 0.15) is 11.4 Å². The Morgan fingerprint density at radius 2 is 1.85 bits per heavy atom. The molecule has 0 aliphatic rings. The largest absolute Gasteiger partial charge is 0.494 e. The van der Waals surface area contributed by atoms with Crippen molar-refractivity contribution in [1.82, 2.24) is 0 Å². The number of ether oxygens (including phenoxy) is 2. The smallest absolute Gasteiger partial charge is 0.341 e. The Kier molecular flexibility index (Phi) is 6.44. The fourth-order valence-electron chi connectivity index (χ4n) is 3.02. The predicted molar refractivity (Wildman–Crippen MR) is 101 cm³/mol. The number of halogens is 1. The monoisotopic (exact) mass is 360 g/mol. The van der Waals surface area contributed by atoms with Crippen LogP contribution in [0.4, 0.5) is 15.8 Å². The Morgan fingerprint density at radius 3 is 2.35 bits per heavy atom. The van der Waals surface area contributed by atoms with Crippen molar-refractivity contribution in [2.75, 3.05) is 31.4 Å². The van der Waals surface area contributed by atoms with Crippen LogP contribution in [0.15, 0.2) is 30.3 Å². The number of nitrogens with zero attached hydrogens (tertiary/aromatic N) is 1. The molecule has 2 N–H and O–H groups in total. The van der Waals surface area contributed by atoms with Gasteiger partial charge < -0.3 is 20.1 Å². The minimum absolute atomic E-state index is 0.269. The van der Waals surface area contributed by atoms with Gasteiger partial charge in [0, 0.05) is 13.1 Å². The van der Waals surface area contributed by atoms with E-state index in [4.69, 9.17) is 15.2 Å². The quantitative estimate of drug-likeness (QED) is 0.601. The minimum Gasteiger partial charge on any atom is -0.494 e. The van der Waals surface area contributed by atoms with Crippen LogP contribution in [0.1, 0.15) is 35.3 Å². The molecule has 5 nitrogen and oxygen atoms in total. The van der Waals surface area contributed by atoms with E-state index >= 15 is 0 Å². The maximum absolute atomic E-state index is 13.2. The van der Waals surface area contributed by atoms with Gasteiger partial charge in [0.2, 0.25) is 0 Å². The van der Waals surface area contributed by atoms with E-state index in [9.17, 15) is 9.18 Å². The van der Waals surface area contributed by atoms with E-state index in [1.54, 1.807) is 18.2 Å². The molecule has 2 aromatic carbocycles. The number of esters is 1. The number of carbonyl (C=O) groups excluding carboxylic acids is 1. The molecule has 0 radical (unpaired) electrons. The van der Waals surface area contributed by atoms with Gasteiger partial charge in [-0.1, -0.05) is 19.1 Å². The van der Waals surface area contributed by atoms with E-state index in [2.05, 4.69) is 4.90 Å². The Labute approximate surface area is 153 Å². The first-order valence-electron chi connectivity index (χ1n) is 8.53. The van der Waals surface area contributed by atoms with Crippen LogP contribution in [-0.2, 0) is 17.7 Å². The molecule has 0 saturated carbocycles. The third-order valence-corrected chi connectivity index (χ3v) is 4.34. The van der Waals surface area contributed by atoms with Crippen molar-refractivity contribution in [3.05, 3.63) is 52.8 Å². The number of carbonyl (C=O) groups is 1.